The molecule has 70 valence electrons. The SMILES string of the molecule is CNc1ccnc(CCC(=O)O)n1. The highest BCUT2D eigenvalue weighted by Crippen LogP contribution is 2.02. The van der Waals surface area contributed by atoms with Crippen LogP contribution in [0.3, 0.4) is 0 Å². The summed E-state index contributed by atoms with van der Waals surface area (Å²) < 4.78 is 0. The molecular formula is C8H11N3O2. The zero-order valence-electron chi connectivity index (χ0n) is 7.32. The second-order valence-corrected chi connectivity index (χ2v) is 2.50. The zero-order valence-corrected chi connectivity index (χ0v) is 7.32. The molecule has 0 aliphatic heterocycles. The van der Waals surface area contributed by atoms with E-state index >= 15 is 0 Å². The highest BCUT2D eigenvalue weighted by molar-refractivity contribution is 5.66. The van der Waals surface area contributed by atoms with E-state index < -0.39 is 5.97 Å². The number of carboxylic acids is 1. The molecule has 0 fully saturated rings. The Morgan fingerprint density at radius 3 is 3.08 bits per heavy atom. The average molecular weight is 181 g/mol. The van der Waals surface area contributed by atoms with Gasteiger partial charge in [-0.3, -0.25) is 4.79 Å². The molecule has 0 atom stereocenters. The number of aryl methyl sites for hydroxylation is 1. The molecule has 1 rings (SSSR count). The Hall–Kier alpha value is -1.65. The van der Waals surface area contributed by atoms with Crippen LogP contribution in [-0.2, 0) is 11.2 Å². The first kappa shape index (κ1) is 9.44. The van der Waals surface area contributed by atoms with Gasteiger partial charge in [-0.05, 0) is 6.07 Å². The van der Waals surface area contributed by atoms with Gasteiger partial charge in [0.05, 0.1) is 6.42 Å². The van der Waals surface area contributed by atoms with Gasteiger partial charge in [-0.1, -0.05) is 0 Å². The smallest absolute Gasteiger partial charge is 0.303 e. The minimum atomic E-state index is -0.835. The van der Waals surface area contributed by atoms with Crippen LogP contribution < -0.4 is 5.32 Å². The van der Waals surface area contributed by atoms with Crippen LogP contribution in [0.15, 0.2) is 12.3 Å². The summed E-state index contributed by atoms with van der Waals surface area (Å²) in [5.41, 5.74) is 0. The highest BCUT2D eigenvalue weighted by Gasteiger charge is 2.01. The van der Waals surface area contributed by atoms with Gasteiger partial charge < -0.3 is 10.4 Å². The third-order valence-electron chi connectivity index (χ3n) is 1.52. The van der Waals surface area contributed by atoms with Crippen LogP contribution in [0.5, 0.6) is 0 Å². The molecule has 0 spiro atoms. The molecule has 0 aromatic carbocycles. The molecule has 2 N–H and O–H groups in total. The fraction of sp³-hybridized carbons (Fsp3) is 0.375. The third kappa shape index (κ3) is 3.06. The van der Waals surface area contributed by atoms with Crippen molar-refractivity contribution in [1.82, 2.24) is 9.97 Å². The van der Waals surface area contributed by atoms with Gasteiger partial charge in [0.25, 0.3) is 0 Å². The van der Waals surface area contributed by atoms with Gasteiger partial charge >= 0.3 is 5.97 Å². The lowest BCUT2D eigenvalue weighted by molar-refractivity contribution is -0.137. The van der Waals surface area contributed by atoms with Gasteiger partial charge in [-0.2, -0.15) is 0 Å². The van der Waals surface area contributed by atoms with Gasteiger partial charge in [0.2, 0.25) is 0 Å². The second-order valence-electron chi connectivity index (χ2n) is 2.50. The standard InChI is InChI=1S/C8H11N3O2/c1-9-6-4-5-10-7(11-6)2-3-8(12)13/h4-5H,2-3H2,1H3,(H,12,13)(H,9,10,11). The van der Waals surface area contributed by atoms with Gasteiger partial charge in [0.15, 0.2) is 0 Å². The van der Waals surface area contributed by atoms with Gasteiger partial charge in [0.1, 0.15) is 11.6 Å². The van der Waals surface area contributed by atoms with Crippen molar-refractivity contribution in [2.75, 3.05) is 12.4 Å². The Morgan fingerprint density at radius 1 is 1.69 bits per heavy atom. The molecule has 0 radical (unpaired) electrons. The maximum Gasteiger partial charge on any atom is 0.303 e. The van der Waals surface area contributed by atoms with Crippen LogP contribution in [0, 0.1) is 0 Å². The molecular weight excluding hydrogens is 170 g/mol. The molecule has 0 saturated heterocycles. The maximum atomic E-state index is 10.3. The monoisotopic (exact) mass is 181 g/mol. The predicted octanol–water partition coefficient (Wildman–Crippen LogP) is 0.535. The summed E-state index contributed by atoms with van der Waals surface area (Å²) in [5.74, 6) is 0.420. The van der Waals surface area contributed by atoms with Gasteiger partial charge in [-0.15, -0.1) is 0 Å². The van der Waals surface area contributed by atoms with Crippen molar-refractivity contribution in [3.05, 3.63) is 18.1 Å². The molecule has 5 heteroatoms. The molecule has 0 bridgehead atoms. The minimum absolute atomic E-state index is 0.0627. The number of nitrogens with zero attached hydrogens (tertiary/aromatic N) is 2. The Morgan fingerprint density at radius 2 is 2.46 bits per heavy atom. The maximum absolute atomic E-state index is 10.3. The number of carboxylic acid groups (broad SMARTS) is 1. The van der Waals surface area contributed by atoms with Crippen molar-refractivity contribution >= 4 is 11.8 Å². The average Bonchev–Trinajstić information content (AvgIpc) is 2.15. The van der Waals surface area contributed by atoms with Crippen molar-refractivity contribution < 1.29 is 9.90 Å². The first-order valence-corrected chi connectivity index (χ1v) is 3.94. The largest absolute Gasteiger partial charge is 0.481 e. The highest BCUT2D eigenvalue weighted by atomic mass is 16.4. The van der Waals surface area contributed by atoms with Crippen molar-refractivity contribution in [2.24, 2.45) is 0 Å². The van der Waals surface area contributed by atoms with Crippen LogP contribution in [0.25, 0.3) is 0 Å². The predicted molar refractivity (Wildman–Crippen MR) is 47.5 cm³/mol. The number of hydrogen-bond acceptors (Lipinski definition) is 4. The lowest BCUT2D eigenvalue weighted by atomic mass is 10.3. The molecule has 13 heavy (non-hydrogen) atoms. The number of hydrogen-bond donors (Lipinski definition) is 2. The number of anilines is 1. The molecule has 0 amide bonds. The number of nitrogens with one attached hydrogen (secondary N) is 1. The third-order valence-corrected chi connectivity index (χ3v) is 1.52. The molecule has 0 aliphatic rings. The molecule has 0 aliphatic carbocycles. The van der Waals surface area contributed by atoms with E-state index in [1.807, 2.05) is 0 Å². The second kappa shape index (κ2) is 4.39. The van der Waals surface area contributed by atoms with Crippen LogP contribution in [-0.4, -0.2) is 28.1 Å². The number of rotatable bonds is 4. The fourth-order valence-corrected chi connectivity index (χ4v) is 0.878. The van der Waals surface area contributed by atoms with E-state index in [1.165, 1.54) is 0 Å². The van der Waals surface area contributed by atoms with Crippen molar-refractivity contribution in [1.29, 1.82) is 0 Å². The topological polar surface area (TPSA) is 75.1 Å². The molecule has 0 saturated carbocycles. The Balaban J connectivity index is 2.61. The Labute approximate surface area is 75.8 Å². The van der Waals surface area contributed by atoms with E-state index in [0.717, 1.165) is 0 Å². The lowest BCUT2D eigenvalue weighted by Crippen LogP contribution is -2.03. The minimum Gasteiger partial charge on any atom is -0.481 e. The van der Waals surface area contributed by atoms with E-state index in [4.69, 9.17) is 5.11 Å². The van der Waals surface area contributed by atoms with E-state index in [2.05, 4.69) is 15.3 Å². The molecule has 5 nitrogen and oxygen atoms in total. The molecule has 1 heterocycles. The van der Waals surface area contributed by atoms with E-state index in [-0.39, 0.29) is 6.42 Å². The van der Waals surface area contributed by atoms with E-state index in [1.54, 1.807) is 19.3 Å². The fourth-order valence-electron chi connectivity index (χ4n) is 0.878. The number of carbonyl (C=O) groups is 1. The number of aliphatic carboxylic acids is 1. The summed E-state index contributed by atoms with van der Waals surface area (Å²) in [5, 5.41) is 11.3. The number of aromatic nitrogens is 2. The van der Waals surface area contributed by atoms with Crippen LogP contribution in [0.2, 0.25) is 0 Å². The Kier molecular flexibility index (Phi) is 3.19. The van der Waals surface area contributed by atoms with Crippen molar-refractivity contribution in [2.45, 2.75) is 12.8 Å². The zero-order chi connectivity index (χ0) is 9.68. The van der Waals surface area contributed by atoms with E-state index in [9.17, 15) is 4.79 Å². The van der Waals surface area contributed by atoms with Gasteiger partial charge in [0, 0.05) is 19.7 Å². The summed E-state index contributed by atoms with van der Waals surface area (Å²) in [7, 11) is 1.75. The molecule has 1 aromatic rings. The van der Waals surface area contributed by atoms with Crippen LogP contribution >= 0.6 is 0 Å². The van der Waals surface area contributed by atoms with E-state index in [0.29, 0.717) is 18.1 Å². The van der Waals surface area contributed by atoms with Gasteiger partial charge in [-0.25, -0.2) is 9.97 Å². The normalized spacial score (nSPS) is 9.62. The quantitative estimate of drug-likeness (QED) is 0.708. The first-order chi connectivity index (χ1) is 6.22. The summed E-state index contributed by atoms with van der Waals surface area (Å²) in [6.07, 6.45) is 2.04. The summed E-state index contributed by atoms with van der Waals surface area (Å²) in [6, 6.07) is 1.73. The van der Waals surface area contributed by atoms with Crippen LogP contribution in [0.4, 0.5) is 5.82 Å². The summed E-state index contributed by atoms with van der Waals surface area (Å²) in [6.45, 7) is 0. The first-order valence-electron chi connectivity index (χ1n) is 3.94. The molecule has 1 aromatic heterocycles. The van der Waals surface area contributed by atoms with Crippen LogP contribution in [0.1, 0.15) is 12.2 Å². The lowest BCUT2D eigenvalue weighted by Gasteiger charge is -2.00. The van der Waals surface area contributed by atoms with Crippen molar-refractivity contribution in [3.8, 4) is 0 Å². The summed E-state index contributed by atoms with van der Waals surface area (Å²) in [4.78, 5) is 18.3. The summed E-state index contributed by atoms with van der Waals surface area (Å²) >= 11 is 0. The van der Waals surface area contributed by atoms with Crippen molar-refractivity contribution in [3.63, 3.8) is 0 Å². The Bertz CT molecular complexity index is 301. The molecule has 0 unspecified atom stereocenters.